The highest BCUT2D eigenvalue weighted by Crippen LogP contribution is 2.23. The highest BCUT2D eigenvalue weighted by Gasteiger charge is 2.08. The molecule has 0 atom stereocenters. The topological polar surface area (TPSA) is 0 Å². The summed E-state index contributed by atoms with van der Waals surface area (Å²) in [5.74, 6) is 0. The Kier molecular flexibility index (Phi) is 6.43. The van der Waals surface area contributed by atoms with Crippen LogP contribution in [0.5, 0.6) is 0 Å². The first-order valence-corrected chi connectivity index (χ1v) is 6.68. The lowest BCUT2D eigenvalue weighted by Gasteiger charge is -2.22. The van der Waals surface area contributed by atoms with Crippen LogP contribution in [0, 0.1) is 0 Å². The van der Waals surface area contributed by atoms with Gasteiger partial charge in [-0.2, -0.15) is 0 Å². The van der Waals surface area contributed by atoms with Crippen molar-refractivity contribution in [2.24, 2.45) is 0 Å². The lowest BCUT2D eigenvalue weighted by atomic mass is 9.97. The van der Waals surface area contributed by atoms with E-state index < -0.39 is 0 Å². The SMILES string of the molecule is C[N+](C)(C)CC=C(c1ccccc1)c1ccccc1.[I-]. The average Bonchev–Trinajstić information content (AvgIpc) is 2.40. The van der Waals surface area contributed by atoms with Crippen molar-refractivity contribution in [3.8, 4) is 0 Å². The molecule has 0 N–H and O–H groups in total. The molecule has 0 aliphatic heterocycles. The Morgan fingerprint density at radius 2 is 1.20 bits per heavy atom. The van der Waals surface area contributed by atoms with Crippen LogP contribution in [-0.4, -0.2) is 32.2 Å². The van der Waals surface area contributed by atoms with Gasteiger partial charge in [0.25, 0.3) is 0 Å². The van der Waals surface area contributed by atoms with E-state index in [0.29, 0.717) is 0 Å². The minimum atomic E-state index is 0. The summed E-state index contributed by atoms with van der Waals surface area (Å²) in [6.07, 6.45) is 2.34. The van der Waals surface area contributed by atoms with Crippen molar-refractivity contribution in [1.82, 2.24) is 0 Å². The van der Waals surface area contributed by atoms with Crippen LogP contribution in [0.3, 0.4) is 0 Å². The molecule has 0 aliphatic carbocycles. The molecule has 2 rings (SSSR count). The molecule has 0 fully saturated rings. The Hall–Kier alpha value is -1.13. The second-order valence-corrected chi connectivity index (χ2v) is 5.82. The van der Waals surface area contributed by atoms with Crippen molar-refractivity contribution < 1.29 is 28.5 Å². The maximum Gasteiger partial charge on any atom is 0.0976 e. The molecular formula is C18H22IN. The molecule has 0 saturated carbocycles. The minimum Gasteiger partial charge on any atom is -1.00 e. The van der Waals surface area contributed by atoms with E-state index in [1.165, 1.54) is 16.7 Å². The molecule has 0 saturated heterocycles. The van der Waals surface area contributed by atoms with Gasteiger partial charge in [0.15, 0.2) is 0 Å². The summed E-state index contributed by atoms with van der Waals surface area (Å²) in [7, 11) is 6.64. The molecule has 0 spiro atoms. The predicted octanol–water partition coefficient (Wildman–Crippen LogP) is 0.829. The van der Waals surface area contributed by atoms with Gasteiger partial charge < -0.3 is 28.5 Å². The Labute approximate surface area is 139 Å². The van der Waals surface area contributed by atoms with Crippen LogP contribution in [0.15, 0.2) is 66.7 Å². The molecule has 0 aromatic heterocycles. The number of quaternary nitrogens is 1. The Bertz CT molecular complexity index is 497. The van der Waals surface area contributed by atoms with Crippen LogP contribution < -0.4 is 24.0 Å². The van der Waals surface area contributed by atoms with E-state index in [9.17, 15) is 0 Å². The van der Waals surface area contributed by atoms with E-state index >= 15 is 0 Å². The fraction of sp³-hybridized carbons (Fsp3) is 0.222. The zero-order chi connectivity index (χ0) is 13.7. The van der Waals surface area contributed by atoms with Gasteiger partial charge >= 0.3 is 0 Å². The molecule has 20 heavy (non-hydrogen) atoms. The number of rotatable bonds is 4. The van der Waals surface area contributed by atoms with Crippen molar-refractivity contribution in [3.63, 3.8) is 0 Å². The van der Waals surface area contributed by atoms with Gasteiger partial charge in [-0.3, -0.25) is 0 Å². The fourth-order valence-corrected chi connectivity index (χ4v) is 2.00. The molecule has 0 heterocycles. The summed E-state index contributed by atoms with van der Waals surface area (Å²) in [5.41, 5.74) is 3.87. The third kappa shape index (κ3) is 5.10. The summed E-state index contributed by atoms with van der Waals surface area (Å²) in [6.45, 7) is 1.01. The zero-order valence-electron chi connectivity index (χ0n) is 12.4. The first-order valence-electron chi connectivity index (χ1n) is 6.68. The van der Waals surface area contributed by atoms with E-state index in [2.05, 4.69) is 87.9 Å². The van der Waals surface area contributed by atoms with Gasteiger partial charge in [0.1, 0.15) is 0 Å². The van der Waals surface area contributed by atoms with Crippen molar-refractivity contribution in [1.29, 1.82) is 0 Å². The van der Waals surface area contributed by atoms with E-state index in [1.54, 1.807) is 0 Å². The zero-order valence-corrected chi connectivity index (χ0v) is 14.5. The highest BCUT2D eigenvalue weighted by molar-refractivity contribution is 5.79. The van der Waals surface area contributed by atoms with Gasteiger partial charge in [-0.15, -0.1) is 0 Å². The van der Waals surface area contributed by atoms with Crippen LogP contribution in [0.25, 0.3) is 5.57 Å². The van der Waals surface area contributed by atoms with Crippen molar-refractivity contribution >= 4 is 5.57 Å². The summed E-state index contributed by atoms with van der Waals surface area (Å²) in [5, 5.41) is 0. The number of hydrogen-bond donors (Lipinski definition) is 0. The smallest absolute Gasteiger partial charge is 0.0976 e. The van der Waals surface area contributed by atoms with Crippen molar-refractivity contribution in [2.45, 2.75) is 0 Å². The summed E-state index contributed by atoms with van der Waals surface area (Å²) < 4.78 is 0.934. The molecule has 106 valence electrons. The van der Waals surface area contributed by atoms with Crippen LogP contribution in [-0.2, 0) is 0 Å². The van der Waals surface area contributed by atoms with Gasteiger partial charge in [-0.05, 0) is 22.8 Å². The molecule has 0 radical (unpaired) electrons. The third-order valence-electron chi connectivity index (χ3n) is 3.01. The number of nitrogens with zero attached hydrogens (tertiary/aromatic N) is 1. The lowest BCUT2D eigenvalue weighted by Crippen LogP contribution is -3.00. The monoisotopic (exact) mass is 379 g/mol. The third-order valence-corrected chi connectivity index (χ3v) is 3.01. The van der Waals surface area contributed by atoms with Crippen LogP contribution >= 0.6 is 0 Å². The number of hydrogen-bond acceptors (Lipinski definition) is 0. The molecule has 0 bridgehead atoms. The maximum absolute atomic E-state index is 2.34. The normalized spacial score (nSPS) is 10.6. The summed E-state index contributed by atoms with van der Waals surface area (Å²) >= 11 is 0. The van der Waals surface area contributed by atoms with Gasteiger partial charge in [0, 0.05) is 0 Å². The number of halogens is 1. The summed E-state index contributed by atoms with van der Waals surface area (Å²) in [6, 6.07) is 21.2. The first-order chi connectivity index (χ1) is 9.06. The average molecular weight is 379 g/mol. The molecule has 0 unspecified atom stereocenters. The van der Waals surface area contributed by atoms with Crippen molar-refractivity contribution in [2.75, 3.05) is 27.7 Å². The highest BCUT2D eigenvalue weighted by atomic mass is 127. The molecule has 0 amide bonds. The molecular weight excluding hydrogens is 357 g/mol. The lowest BCUT2D eigenvalue weighted by molar-refractivity contribution is -0.864. The van der Waals surface area contributed by atoms with E-state index in [0.717, 1.165) is 11.0 Å². The van der Waals surface area contributed by atoms with E-state index in [4.69, 9.17) is 0 Å². The van der Waals surface area contributed by atoms with Gasteiger partial charge in [0.05, 0.1) is 27.7 Å². The van der Waals surface area contributed by atoms with Crippen LogP contribution in [0.1, 0.15) is 11.1 Å². The largest absolute Gasteiger partial charge is 1.00 e. The Morgan fingerprint density at radius 1 is 0.800 bits per heavy atom. The van der Waals surface area contributed by atoms with E-state index in [1.807, 2.05) is 0 Å². The van der Waals surface area contributed by atoms with Crippen LogP contribution in [0.2, 0.25) is 0 Å². The minimum absolute atomic E-state index is 0. The maximum atomic E-state index is 2.34. The Morgan fingerprint density at radius 3 is 1.55 bits per heavy atom. The first kappa shape index (κ1) is 16.9. The standard InChI is InChI=1S/C18H22N.HI/c1-19(2,3)15-14-18(16-10-6-4-7-11-16)17-12-8-5-9-13-17;/h4-14H,15H2,1-3H3;1H/q+1;/p-1. The number of benzene rings is 2. The number of likely N-dealkylation sites (N-methyl/N-ethyl adjacent to an activating group) is 1. The molecule has 0 aliphatic rings. The summed E-state index contributed by atoms with van der Waals surface area (Å²) in [4.78, 5) is 0. The Balaban J connectivity index is 0.00000200. The molecule has 2 aromatic carbocycles. The van der Waals surface area contributed by atoms with Gasteiger partial charge in [-0.25, -0.2) is 0 Å². The molecule has 2 heteroatoms. The molecule has 2 aromatic rings. The fourth-order valence-electron chi connectivity index (χ4n) is 2.00. The van der Waals surface area contributed by atoms with Gasteiger partial charge in [-0.1, -0.05) is 60.7 Å². The van der Waals surface area contributed by atoms with Crippen LogP contribution in [0.4, 0.5) is 0 Å². The second-order valence-electron chi connectivity index (χ2n) is 5.82. The quantitative estimate of drug-likeness (QED) is 0.546. The van der Waals surface area contributed by atoms with Gasteiger partial charge in [0.2, 0.25) is 0 Å². The van der Waals surface area contributed by atoms with Crippen molar-refractivity contribution in [3.05, 3.63) is 77.9 Å². The molecule has 1 nitrogen and oxygen atoms in total. The predicted molar refractivity (Wildman–Crippen MR) is 82.9 cm³/mol. The van der Waals surface area contributed by atoms with E-state index in [-0.39, 0.29) is 24.0 Å². The second kappa shape index (κ2) is 7.60.